The van der Waals surface area contributed by atoms with E-state index in [1.807, 2.05) is 18.5 Å². The van der Waals surface area contributed by atoms with Crippen molar-refractivity contribution in [2.24, 2.45) is 0 Å². The molecule has 6 heteroatoms. The molecule has 0 bridgehead atoms. The predicted octanol–water partition coefficient (Wildman–Crippen LogP) is 4.06. The van der Waals surface area contributed by atoms with E-state index >= 15 is 0 Å². The average molecular weight is 316 g/mol. The summed E-state index contributed by atoms with van der Waals surface area (Å²) >= 11 is 0. The van der Waals surface area contributed by atoms with Crippen LogP contribution in [-0.4, -0.2) is 20.7 Å². The molecule has 0 atom stereocenters. The number of carbonyl (C=O) groups is 1. The Bertz CT molecular complexity index is 681. The highest BCUT2D eigenvalue weighted by Crippen LogP contribution is 2.27. The van der Waals surface area contributed by atoms with Crippen molar-refractivity contribution < 1.29 is 9.21 Å². The lowest BCUT2D eigenvalue weighted by Crippen LogP contribution is -2.16. The second-order valence-corrected chi connectivity index (χ2v) is 6.57. The molecule has 0 aliphatic heterocycles. The molecule has 1 aliphatic rings. The normalized spacial score (nSPS) is 16.0. The molecule has 0 radical (unpaired) electrons. The number of hydrogen-bond acceptors (Lipinski definition) is 4. The van der Waals surface area contributed by atoms with Crippen molar-refractivity contribution in [2.75, 3.05) is 5.32 Å². The zero-order chi connectivity index (χ0) is 16.4. The van der Waals surface area contributed by atoms with Crippen molar-refractivity contribution in [3.8, 4) is 0 Å². The van der Waals surface area contributed by atoms with Crippen molar-refractivity contribution in [2.45, 2.75) is 64.8 Å². The maximum Gasteiger partial charge on any atom is 0.261 e. The van der Waals surface area contributed by atoms with Crippen LogP contribution < -0.4 is 5.32 Å². The van der Waals surface area contributed by atoms with Crippen LogP contribution in [0, 0.1) is 6.92 Å². The maximum atomic E-state index is 12.4. The van der Waals surface area contributed by atoms with Gasteiger partial charge in [-0.2, -0.15) is 0 Å². The van der Waals surface area contributed by atoms with Crippen LogP contribution in [0.15, 0.2) is 16.8 Å². The van der Waals surface area contributed by atoms with E-state index in [9.17, 15) is 4.79 Å². The van der Waals surface area contributed by atoms with Crippen LogP contribution in [0.5, 0.6) is 0 Å². The van der Waals surface area contributed by atoms with E-state index in [2.05, 4.69) is 15.4 Å². The fourth-order valence-electron chi connectivity index (χ4n) is 3.04. The Kier molecular flexibility index (Phi) is 4.50. The van der Waals surface area contributed by atoms with Gasteiger partial charge in [0, 0.05) is 5.92 Å². The summed E-state index contributed by atoms with van der Waals surface area (Å²) in [7, 11) is 0. The zero-order valence-electron chi connectivity index (χ0n) is 14.0. The van der Waals surface area contributed by atoms with Gasteiger partial charge in [0.05, 0.1) is 11.6 Å². The average Bonchev–Trinajstić information content (AvgIpc) is 3.15. The smallest absolute Gasteiger partial charge is 0.261 e. The number of amides is 1. The first-order valence-corrected chi connectivity index (χ1v) is 8.37. The molecule has 2 aromatic rings. The molecule has 0 spiro atoms. The first kappa shape index (κ1) is 15.8. The third-order valence-electron chi connectivity index (χ3n) is 4.43. The molecule has 0 aromatic carbocycles. The van der Waals surface area contributed by atoms with E-state index in [1.165, 1.54) is 19.3 Å². The first-order chi connectivity index (χ1) is 11.0. The third-order valence-corrected chi connectivity index (χ3v) is 4.43. The zero-order valence-corrected chi connectivity index (χ0v) is 14.0. The van der Waals surface area contributed by atoms with Gasteiger partial charge in [-0.1, -0.05) is 33.1 Å². The summed E-state index contributed by atoms with van der Waals surface area (Å²) in [6, 6.07) is 2.21. The number of carbonyl (C=O) groups excluding carboxylic acids is 1. The largest absolute Gasteiger partial charge is 0.465 e. The van der Waals surface area contributed by atoms with Gasteiger partial charge in [-0.3, -0.25) is 10.1 Å². The number of furan rings is 1. The quantitative estimate of drug-likeness (QED) is 0.923. The van der Waals surface area contributed by atoms with Gasteiger partial charge in [0.1, 0.15) is 17.8 Å². The highest BCUT2D eigenvalue weighted by Gasteiger charge is 2.20. The molecule has 6 nitrogen and oxygen atoms in total. The van der Waals surface area contributed by atoms with Crippen LogP contribution in [0.3, 0.4) is 0 Å². The van der Waals surface area contributed by atoms with Crippen molar-refractivity contribution in [3.05, 3.63) is 29.5 Å². The molecule has 1 N–H and O–H groups in total. The van der Waals surface area contributed by atoms with E-state index in [-0.39, 0.29) is 11.8 Å². The summed E-state index contributed by atoms with van der Waals surface area (Å²) in [6.07, 6.45) is 7.75. The second-order valence-electron chi connectivity index (χ2n) is 6.57. The van der Waals surface area contributed by atoms with Gasteiger partial charge < -0.3 is 4.42 Å². The lowest BCUT2D eigenvalue weighted by Gasteiger charge is -2.21. The molecule has 1 aliphatic carbocycles. The fourth-order valence-corrected chi connectivity index (χ4v) is 3.04. The minimum Gasteiger partial charge on any atom is -0.465 e. The van der Waals surface area contributed by atoms with Crippen LogP contribution in [0.1, 0.15) is 79.8 Å². The summed E-state index contributed by atoms with van der Waals surface area (Å²) in [6.45, 7) is 5.87. The van der Waals surface area contributed by atoms with Crippen molar-refractivity contribution in [1.29, 1.82) is 0 Å². The fraction of sp³-hybridized carbons (Fsp3) is 0.588. The lowest BCUT2D eigenvalue weighted by molar-refractivity contribution is 0.102. The Labute approximate surface area is 136 Å². The number of nitrogens with zero attached hydrogens (tertiary/aromatic N) is 3. The molecule has 2 heterocycles. The third kappa shape index (κ3) is 3.46. The molecule has 0 saturated heterocycles. The van der Waals surface area contributed by atoms with Crippen LogP contribution in [-0.2, 0) is 0 Å². The minimum atomic E-state index is -0.223. The monoisotopic (exact) mass is 316 g/mol. The Hall–Kier alpha value is -2.11. The predicted molar refractivity (Wildman–Crippen MR) is 87.6 cm³/mol. The summed E-state index contributed by atoms with van der Waals surface area (Å²) in [4.78, 5) is 16.6. The highest BCUT2D eigenvalue weighted by atomic mass is 16.3. The van der Waals surface area contributed by atoms with E-state index in [0.29, 0.717) is 23.3 Å². The molecular weight excluding hydrogens is 292 g/mol. The van der Waals surface area contributed by atoms with Crippen molar-refractivity contribution in [1.82, 2.24) is 14.8 Å². The molecule has 1 amide bonds. The molecule has 1 saturated carbocycles. The summed E-state index contributed by atoms with van der Waals surface area (Å²) in [5.41, 5.74) is 0.544. The molecule has 2 aromatic heterocycles. The highest BCUT2D eigenvalue weighted by molar-refractivity contribution is 6.04. The van der Waals surface area contributed by atoms with Crippen LogP contribution in [0.4, 0.5) is 5.95 Å². The second kappa shape index (κ2) is 6.56. The minimum absolute atomic E-state index is 0.223. The van der Waals surface area contributed by atoms with E-state index < -0.39 is 0 Å². The molecular formula is C17H24N4O2. The molecule has 23 heavy (non-hydrogen) atoms. The Morgan fingerprint density at radius 3 is 2.74 bits per heavy atom. The molecule has 124 valence electrons. The van der Waals surface area contributed by atoms with Crippen molar-refractivity contribution in [3.63, 3.8) is 0 Å². The Morgan fingerprint density at radius 2 is 2.09 bits per heavy atom. The van der Waals surface area contributed by atoms with Gasteiger partial charge in [-0.25, -0.2) is 9.67 Å². The summed E-state index contributed by atoms with van der Waals surface area (Å²) in [5.74, 6) is 1.82. The maximum absolute atomic E-state index is 12.4. The molecule has 0 unspecified atom stereocenters. The van der Waals surface area contributed by atoms with Crippen LogP contribution in [0.25, 0.3) is 0 Å². The topological polar surface area (TPSA) is 73.0 Å². The van der Waals surface area contributed by atoms with E-state index in [4.69, 9.17) is 4.42 Å². The van der Waals surface area contributed by atoms with Crippen LogP contribution >= 0.6 is 0 Å². The number of anilines is 1. The van der Waals surface area contributed by atoms with Gasteiger partial charge in [0.25, 0.3) is 5.91 Å². The SMILES string of the molecule is Cc1oc(C(C)C)cc1C(=O)Nc1ncn(C2CCCCC2)n1. The van der Waals surface area contributed by atoms with Crippen LogP contribution in [0.2, 0.25) is 0 Å². The van der Waals surface area contributed by atoms with Gasteiger partial charge in [-0.15, -0.1) is 5.10 Å². The number of aromatic nitrogens is 3. The van der Waals surface area contributed by atoms with Gasteiger partial charge in [-0.05, 0) is 25.8 Å². The van der Waals surface area contributed by atoms with Gasteiger partial charge in [0.15, 0.2) is 0 Å². The number of nitrogens with one attached hydrogen (secondary N) is 1. The standard InChI is InChI=1S/C17H24N4O2/c1-11(2)15-9-14(12(3)23-15)16(22)19-17-18-10-21(20-17)13-7-5-4-6-8-13/h9-11,13H,4-8H2,1-3H3,(H,19,20,22). The van der Waals surface area contributed by atoms with Crippen molar-refractivity contribution >= 4 is 11.9 Å². The lowest BCUT2D eigenvalue weighted by atomic mass is 9.96. The molecule has 1 fully saturated rings. The Morgan fingerprint density at radius 1 is 1.35 bits per heavy atom. The van der Waals surface area contributed by atoms with E-state index in [0.717, 1.165) is 18.6 Å². The summed E-state index contributed by atoms with van der Waals surface area (Å²) < 4.78 is 7.51. The number of hydrogen-bond donors (Lipinski definition) is 1. The summed E-state index contributed by atoms with van der Waals surface area (Å²) in [5, 5.41) is 7.18. The number of rotatable bonds is 4. The van der Waals surface area contributed by atoms with Gasteiger partial charge in [0.2, 0.25) is 5.95 Å². The van der Waals surface area contributed by atoms with Gasteiger partial charge >= 0.3 is 0 Å². The Balaban J connectivity index is 1.69. The molecule has 3 rings (SSSR count). The number of aryl methyl sites for hydroxylation is 1. The first-order valence-electron chi connectivity index (χ1n) is 8.37. The van der Waals surface area contributed by atoms with E-state index in [1.54, 1.807) is 19.3 Å².